The lowest BCUT2D eigenvalue weighted by molar-refractivity contribution is -0.386. The molecule has 0 saturated heterocycles. The van der Waals surface area contributed by atoms with E-state index in [-0.39, 0.29) is 10.9 Å². The van der Waals surface area contributed by atoms with Crippen LogP contribution < -0.4 is 11.0 Å². The van der Waals surface area contributed by atoms with Crippen LogP contribution in [0.5, 0.6) is 5.75 Å². The van der Waals surface area contributed by atoms with Gasteiger partial charge in [0.15, 0.2) is 0 Å². The first kappa shape index (κ1) is 11.7. The maximum absolute atomic E-state index is 13.0. The van der Waals surface area contributed by atoms with Gasteiger partial charge in [0, 0.05) is 5.39 Å². The number of nitrogens with one attached hydrogen (secondary N) is 1. The number of hydrogen-bond donors (Lipinski definition) is 2. The first-order chi connectivity index (χ1) is 8.41. The molecule has 0 aliphatic heterocycles. The van der Waals surface area contributed by atoms with Gasteiger partial charge in [0.2, 0.25) is 5.75 Å². The standard InChI is InChI=1S/C10H5FN2O5/c11-4-1-2-5-6(3-4)12-10(16)9(15)7(8(5)14)13(17)18/h1-3,14H,(H,12,15,16). The third kappa shape index (κ3) is 1.69. The molecule has 0 radical (unpaired) electrons. The molecule has 0 atom stereocenters. The Labute approximate surface area is 97.3 Å². The topological polar surface area (TPSA) is 113 Å². The maximum Gasteiger partial charge on any atom is 0.364 e. The molecule has 2 aromatic rings. The van der Waals surface area contributed by atoms with E-state index >= 15 is 0 Å². The highest BCUT2D eigenvalue weighted by molar-refractivity contribution is 5.87. The zero-order chi connectivity index (χ0) is 13.4. The summed E-state index contributed by atoms with van der Waals surface area (Å²) < 4.78 is 13.0. The van der Waals surface area contributed by atoms with Gasteiger partial charge < -0.3 is 10.1 Å². The second kappa shape index (κ2) is 3.91. The fourth-order valence-electron chi connectivity index (χ4n) is 1.52. The Morgan fingerprint density at radius 1 is 1.33 bits per heavy atom. The summed E-state index contributed by atoms with van der Waals surface area (Å²) >= 11 is 0. The molecule has 0 unspecified atom stereocenters. The van der Waals surface area contributed by atoms with Crippen molar-refractivity contribution < 1.29 is 14.4 Å². The van der Waals surface area contributed by atoms with Crippen LogP contribution in [-0.4, -0.2) is 15.0 Å². The molecule has 0 fully saturated rings. The minimum atomic E-state index is -1.49. The molecule has 1 aromatic carbocycles. The average molecular weight is 252 g/mol. The Morgan fingerprint density at radius 2 is 2.00 bits per heavy atom. The quantitative estimate of drug-likeness (QED) is 0.439. The van der Waals surface area contributed by atoms with E-state index in [1.54, 1.807) is 0 Å². The molecule has 2 rings (SSSR count). The molecule has 0 spiro atoms. The summed E-state index contributed by atoms with van der Waals surface area (Å²) in [5.41, 5.74) is -4.24. The van der Waals surface area contributed by atoms with Gasteiger partial charge in [0.05, 0.1) is 10.4 Å². The van der Waals surface area contributed by atoms with Crippen LogP contribution in [0.25, 0.3) is 10.9 Å². The third-order valence-corrected chi connectivity index (χ3v) is 2.31. The van der Waals surface area contributed by atoms with Crippen molar-refractivity contribution in [1.82, 2.24) is 4.98 Å². The number of benzene rings is 1. The average Bonchev–Trinajstić information content (AvgIpc) is 2.35. The number of nitro groups is 1. The van der Waals surface area contributed by atoms with Gasteiger partial charge in [-0.05, 0) is 18.2 Å². The summed E-state index contributed by atoms with van der Waals surface area (Å²) in [4.78, 5) is 34.2. The molecule has 1 aromatic heterocycles. The molecule has 8 heteroatoms. The molecular weight excluding hydrogens is 247 g/mol. The summed E-state index contributed by atoms with van der Waals surface area (Å²) in [6.45, 7) is 0. The van der Waals surface area contributed by atoms with E-state index in [0.717, 1.165) is 18.2 Å². The van der Waals surface area contributed by atoms with Crippen molar-refractivity contribution in [3.05, 3.63) is 54.7 Å². The summed E-state index contributed by atoms with van der Waals surface area (Å²) in [5, 5.41) is 20.1. The smallest absolute Gasteiger partial charge is 0.364 e. The summed E-state index contributed by atoms with van der Waals surface area (Å²) in [7, 11) is 0. The maximum atomic E-state index is 13.0. The Balaban J connectivity index is 3.16. The number of rotatable bonds is 1. The van der Waals surface area contributed by atoms with Gasteiger partial charge in [-0.25, -0.2) is 4.39 Å². The molecule has 2 N–H and O–H groups in total. The van der Waals surface area contributed by atoms with Crippen molar-refractivity contribution in [2.75, 3.05) is 0 Å². The first-order valence-corrected chi connectivity index (χ1v) is 4.65. The van der Waals surface area contributed by atoms with Crippen molar-refractivity contribution in [2.24, 2.45) is 0 Å². The second-order valence-electron chi connectivity index (χ2n) is 3.43. The van der Waals surface area contributed by atoms with Crippen molar-refractivity contribution in [3.63, 3.8) is 0 Å². The van der Waals surface area contributed by atoms with E-state index < -0.39 is 33.2 Å². The zero-order valence-electron chi connectivity index (χ0n) is 8.64. The van der Waals surface area contributed by atoms with Crippen molar-refractivity contribution in [2.45, 2.75) is 0 Å². The summed E-state index contributed by atoms with van der Waals surface area (Å²) in [6.07, 6.45) is 0. The van der Waals surface area contributed by atoms with E-state index in [9.17, 15) is 29.2 Å². The number of aromatic amines is 1. The number of fused-ring (bicyclic) bond motifs is 1. The lowest BCUT2D eigenvalue weighted by atomic mass is 10.2. The van der Waals surface area contributed by atoms with Gasteiger partial charge >= 0.3 is 16.7 Å². The lowest BCUT2D eigenvalue weighted by Crippen LogP contribution is -2.25. The molecule has 92 valence electrons. The van der Waals surface area contributed by atoms with Crippen LogP contribution in [0.4, 0.5) is 10.1 Å². The van der Waals surface area contributed by atoms with Crippen molar-refractivity contribution in [1.29, 1.82) is 0 Å². The summed E-state index contributed by atoms with van der Waals surface area (Å²) in [5.74, 6) is -1.70. The molecule has 1 heterocycles. The molecule has 0 aliphatic rings. The highest BCUT2D eigenvalue weighted by Crippen LogP contribution is 2.28. The molecule has 0 amide bonds. The number of aromatic hydroxyl groups is 1. The van der Waals surface area contributed by atoms with Crippen LogP contribution >= 0.6 is 0 Å². The SMILES string of the molecule is O=c1[nH]c2cc(F)ccc2c(O)c([N+](=O)[O-])c1=O. The number of nitrogens with zero attached hydrogens (tertiary/aromatic N) is 1. The van der Waals surface area contributed by atoms with Crippen molar-refractivity contribution >= 4 is 16.6 Å². The monoisotopic (exact) mass is 252 g/mol. The largest absolute Gasteiger partial charge is 0.502 e. The fourth-order valence-corrected chi connectivity index (χ4v) is 1.52. The minimum Gasteiger partial charge on any atom is -0.502 e. The highest BCUT2D eigenvalue weighted by atomic mass is 19.1. The normalized spacial score (nSPS) is 10.5. The van der Waals surface area contributed by atoms with E-state index in [0.29, 0.717) is 0 Å². The van der Waals surface area contributed by atoms with Crippen LogP contribution in [0.2, 0.25) is 0 Å². The van der Waals surface area contributed by atoms with E-state index in [1.807, 2.05) is 4.98 Å². The number of aromatic nitrogens is 1. The second-order valence-corrected chi connectivity index (χ2v) is 3.43. The summed E-state index contributed by atoms with van der Waals surface area (Å²) in [6, 6.07) is 2.82. The van der Waals surface area contributed by atoms with Gasteiger partial charge in [-0.2, -0.15) is 0 Å². The Kier molecular flexibility index (Phi) is 2.55. The Bertz CT molecular complexity index is 783. The number of hydrogen-bond acceptors (Lipinski definition) is 5. The number of halogens is 1. The van der Waals surface area contributed by atoms with Gasteiger partial charge in [-0.15, -0.1) is 0 Å². The lowest BCUT2D eigenvalue weighted by Gasteiger charge is -1.95. The van der Waals surface area contributed by atoms with Crippen LogP contribution in [0.15, 0.2) is 27.8 Å². The van der Waals surface area contributed by atoms with Crippen LogP contribution in [0.1, 0.15) is 0 Å². The van der Waals surface area contributed by atoms with E-state index in [4.69, 9.17) is 0 Å². The molecule has 18 heavy (non-hydrogen) atoms. The minimum absolute atomic E-state index is 0.192. The number of H-pyrrole nitrogens is 1. The molecule has 7 nitrogen and oxygen atoms in total. The molecule has 0 bridgehead atoms. The van der Waals surface area contributed by atoms with E-state index in [2.05, 4.69) is 0 Å². The Hall–Kier alpha value is -2.77. The predicted molar refractivity (Wildman–Crippen MR) is 59.1 cm³/mol. The molecule has 0 saturated carbocycles. The van der Waals surface area contributed by atoms with Crippen molar-refractivity contribution in [3.8, 4) is 5.75 Å². The molecule has 0 aliphatic carbocycles. The zero-order valence-corrected chi connectivity index (χ0v) is 8.64. The van der Waals surface area contributed by atoms with Gasteiger partial charge in [-0.3, -0.25) is 19.7 Å². The fraction of sp³-hybridized carbons (Fsp3) is 0. The molecular formula is C10H5FN2O5. The van der Waals surface area contributed by atoms with Crippen LogP contribution in [0.3, 0.4) is 0 Å². The van der Waals surface area contributed by atoms with E-state index in [1.165, 1.54) is 0 Å². The third-order valence-electron chi connectivity index (χ3n) is 2.31. The van der Waals surface area contributed by atoms with Gasteiger partial charge in [0.25, 0.3) is 0 Å². The highest BCUT2D eigenvalue weighted by Gasteiger charge is 2.22. The van der Waals surface area contributed by atoms with Crippen LogP contribution in [-0.2, 0) is 0 Å². The van der Waals surface area contributed by atoms with Crippen LogP contribution in [0, 0.1) is 15.9 Å². The first-order valence-electron chi connectivity index (χ1n) is 4.65. The predicted octanol–water partition coefficient (Wildman–Crippen LogP) is 0.641. The Morgan fingerprint density at radius 3 is 2.61 bits per heavy atom. The van der Waals surface area contributed by atoms with Gasteiger partial charge in [0.1, 0.15) is 5.82 Å². The van der Waals surface area contributed by atoms with Gasteiger partial charge in [-0.1, -0.05) is 0 Å².